The van der Waals surface area contributed by atoms with Gasteiger partial charge in [0.05, 0.1) is 16.7 Å². The molecular weight excluding hydrogens is 468 g/mol. The topological polar surface area (TPSA) is 99.1 Å². The Labute approximate surface area is 207 Å². The van der Waals surface area contributed by atoms with Gasteiger partial charge in [-0.3, -0.25) is 0 Å². The van der Waals surface area contributed by atoms with Crippen LogP contribution in [0.1, 0.15) is 38.0 Å². The van der Waals surface area contributed by atoms with Crippen LogP contribution in [0.5, 0.6) is 0 Å². The summed E-state index contributed by atoms with van der Waals surface area (Å²) < 4.78 is 17.1. The molecule has 0 amide bonds. The van der Waals surface area contributed by atoms with Gasteiger partial charge >= 0.3 is 17.9 Å². The van der Waals surface area contributed by atoms with Crippen molar-refractivity contribution in [3.8, 4) is 0 Å². The molecule has 1 aliphatic rings. The maximum atomic E-state index is 12.9. The van der Waals surface area contributed by atoms with Crippen LogP contribution in [0.2, 0.25) is 0 Å². The minimum atomic E-state index is -1.27. The number of carbonyl (C=O) groups excluding carboxylic acids is 3. The predicted octanol–water partition coefficient (Wildman–Crippen LogP) is 4.12. The van der Waals surface area contributed by atoms with Crippen molar-refractivity contribution in [3.63, 3.8) is 0 Å². The van der Waals surface area contributed by atoms with E-state index in [1.807, 2.05) is 0 Å². The zero-order valence-corrected chi connectivity index (χ0v) is 19.7. The van der Waals surface area contributed by atoms with E-state index in [0.717, 1.165) is 11.8 Å². The number of hydrogen-bond acceptors (Lipinski definition) is 8. The fourth-order valence-electron chi connectivity index (χ4n) is 3.71. The number of aliphatic hydroxyl groups excluding tert-OH is 1. The molecule has 0 saturated carbocycles. The Morgan fingerprint density at radius 2 is 0.943 bits per heavy atom. The third-order valence-corrected chi connectivity index (χ3v) is 6.75. The number of carbonyl (C=O) groups is 3. The smallest absolute Gasteiger partial charge is 0.338 e. The summed E-state index contributed by atoms with van der Waals surface area (Å²) >= 11 is 1.07. The molecule has 7 nitrogen and oxygen atoms in total. The van der Waals surface area contributed by atoms with Crippen molar-refractivity contribution in [2.45, 2.75) is 35.9 Å². The van der Waals surface area contributed by atoms with E-state index >= 15 is 0 Å². The summed E-state index contributed by atoms with van der Waals surface area (Å²) in [5.41, 5.74) is -0.344. The Hall–Kier alpha value is -3.62. The molecule has 4 rings (SSSR count). The van der Waals surface area contributed by atoms with E-state index in [-0.39, 0.29) is 11.1 Å². The summed E-state index contributed by atoms with van der Waals surface area (Å²) in [6, 6.07) is 25.0. The van der Waals surface area contributed by atoms with Crippen LogP contribution >= 0.6 is 11.8 Å². The molecule has 0 aromatic heterocycles. The Morgan fingerprint density at radius 3 is 1.34 bits per heavy atom. The van der Waals surface area contributed by atoms with E-state index < -0.39 is 46.9 Å². The average molecular weight is 493 g/mol. The number of esters is 3. The first kappa shape index (κ1) is 24.5. The number of benzene rings is 3. The molecule has 35 heavy (non-hydrogen) atoms. The largest absolute Gasteiger partial charge is 0.453 e. The summed E-state index contributed by atoms with van der Waals surface area (Å²) in [4.78, 5) is 38.6. The Balaban J connectivity index is 1.63. The highest BCUT2D eigenvalue weighted by molar-refractivity contribution is 8.00. The summed E-state index contributed by atoms with van der Waals surface area (Å²) in [6.45, 7) is 1.75. The van der Waals surface area contributed by atoms with Crippen LogP contribution in [0, 0.1) is 0 Å². The van der Waals surface area contributed by atoms with Gasteiger partial charge in [0, 0.05) is 5.25 Å². The monoisotopic (exact) mass is 492 g/mol. The minimum absolute atomic E-state index is 0.272. The van der Waals surface area contributed by atoms with Gasteiger partial charge < -0.3 is 19.3 Å². The van der Waals surface area contributed by atoms with Crippen molar-refractivity contribution in [2.75, 3.05) is 0 Å². The standard InChI is InChI=1S/C27H24O7S/c1-17-21(32-24(28)18-11-5-2-6-12-18)22(33-25(29)19-13-7-3-8-14-19)23(27(31)35-17)34-26(30)20-15-9-4-10-16-20/h2-17,21-23,27,31H,1H3/t17-,21+,22+,23-,27?/m0/s1. The molecule has 5 atom stereocenters. The SMILES string of the molecule is C[C@@H]1SC(O)[C@@H](OC(=O)c2ccccc2)[C@H](OC(=O)c2ccccc2)[C@@H]1OC(=O)c1ccccc1. The van der Waals surface area contributed by atoms with Crippen molar-refractivity contribution in [2.24, 2.45) is 0 Å². The van der Waals surface area contributed by atoms with Crippen LogP contribution in [0.15, 0.2) is 91.0 Å². The highest BCUT2D eigenvalue weighted by atomic mass is 32.2. The zero-order chi connectivity index (χ0) is 24.8. The predicted molar refractivity (Wildman–Crippen MR) is 130 cm³/mol. The molecule has 1 unspecified atom stereocenters. The Kier molecular flexibility index (Phi) is 7.84. The van der Waals surface area contributed by atoms with Gasteiger partial charge in [-0.1, -0.05) is 54.6 Å². The fraction of sp³-hybridized carbons (Fsp3) is 0.222. The molecule has 0 radical (unpaired) electrons. The normalized spacial score (nSPS) is 23.7. The maximum absolute atomic E-state index is 12.9. The molecule has 0 aliphatic carbocycles. The van der Waals surface area contributed by atoms with E-state index in [0.29, 0.717) is 5.56 Å². The van der Waals surface area contributed by atoms with E-state index in [9.17, 15) is 19.5 Å². The molecule has 3 aromatic rings. The van der Waals surface area contributed by atoms with Gasteiger partial charge in [-0.25, -0.2) is 14.4 Å². The lowest BCUT2D eigenvalue weighted by atomic mass is 10.0. The molecule has 3 aromatic carbocycles. The molecular formula is C27H24O7S. The lowest BCUT2D eigenvalue weighted by Gasteiger charge is -2.41. The Morgan fingerprint density at radius 1 is 0.600 bits per heavy atom. The third kappa shape index (κ3) is 5.90. The van der Waals surface area contributed by atoms with E-state index in [1.165, 1.54) is 0 Å². The number of thioether (sulfide) groups is 1. The van der Waals surface area contributed by atoms with Crippen molar-refractivity contribution in [1.29, 1.82) is 0 Å². The molecule has 1 fully saturated rings. The second-order valence-corrected chi connectivity index (χ2v) is 9.44. The average Bonchev–Trinajstić information content (AvgIpc) is 2.89. The second kappa shape index (κ2) is 11.2. The molecule has 0 spiro atoms. The quantitative estimate of drug-likeness (QED) is 0.405. The van der Waals surface area contributed by atoms with E-state index in [2.05, 4.69) is 0 Å². The lowest BCUT2D eigenvalue weighted by molar-refractivity contribution is -0.110. The van der Waals surface area contributed by atoms with Gasteiger partial charge in [0.2, 0.25) is 0 Å². The van der Waals surface area contributed by atoms with Crippen molar-refractivity contribution < 1.29 is 33.7 Å². The first-order valence-electron chi connectivity index (χ1n) is 11.1. The molecule has 0 bridgehead atoms. The summed E-state index contributed by atoms with van der Waals surface area (Å²) in [5.74, 6) is -2.00. The molecule has 1 N–H and O–H groups in total. The van der Waals surface area contributed by atoms with Gasteiger partial charge in [0.1, 0.15) is 5.44 Å². The van der Waals surface area contributed by atoms with Crippen LogP contribution in [0.3, 0.4) is 0 Å². The number of aliphatic hydroxyl groups is 1. The van der Waals surface area contributed by atoms with Crippen LogP contribution < -0.4 is 0 Å². The molecule has 180 valence electrons. The van der Waals surface area contributed by atoms with Gasteiger partial charge in [0.25, 0.3) is 0 Å². The van der Waals surface area contributed by atoms with E-state index in [4.69, 9.17) is 14.2 Å². The molecule has 8 heteroatoms. The Bertz CT molecular complexity index is 1090. The van der Waals surface area contributed by atoms with Gasteiger partial charge in [-0.05, 0) is 43.3 Å². The van der Waals surface area contributed by atoms with Crippen LogP contribution in [0.4, 0.5) is 0 Å². The molecule has 1 heterocycles. The van der Waals surface area contributed by atoms with Gasteiger partial charge in [0.15, 0.2) is 18.3 Å². The lowest BCUT2D eigenvalue weighted by Crippen LogP contribution is -2.57. The summed E-state index contributed by atoms with van der Waals surface area (Å²) in [5, 5.41) is 10.4. The number of rotatable bonds is 6. The highest BCUT2D eigenvalue weighted by Gasteiger charge is 2.50. The van der Waals surface area contributed by atoms with Crippen LogP contribution in [0.25, 0.3) is 0 Å². The fourth-order valence-corrected chi connectivity index (χ4v) is 4.88. The maximum Gasteiger partial charge on any atom is 0.338 e. The zero-order valence-electron chi connectivity index (χ0n) is 18.9. The van der Waals surface area contributed by atoms with Crippen molar-refractivity contribution in [3.05, 3.63) is 108 Å². The van der Waals surface area contributed by atoms with E-state index in [1.54, 1.807) is 97.9 Å². The van der Waals surface area contributed by atoms with Crippen molar-refractivity contribution in [1.82, 2.24) is 0 Å². The highest BCUT2D eigenvalue weighted by Crippen LogP contribution is 2.37. The second-order valence-electron chi connectivity index (χ2n) is 7.94. The number of ether oxygens (including phenoxy) is 3. The van der Waals surface area contributed by atoms with Crippen LogP contribution in [-0.4, -0.2) is 52.0 Å². The minimum Gasteiger partial charge on any atom is -0.453 e. The summed E-state index contributed by atoms with van der Waals surface area (Å²) in [6.07, 6.45) is -3.50. The van der Waals surface area contributed by atoms with Crippen LogP contribution in [-0.2, 0) is 14.2 Å². The van der Waals surface area contributed by atoms with Gasteiger partial charge in [-0.15, -0.1) is 11.8 Å². The molecule has 1 aliphatic heterocycles. The molecule has 1 saturated heterocycles. The third-order valence-electron chi connectivity index (χ3n) is 5.50. The first-order chi connectivity index (χ1) is 16.9. The summed E-state index contributed by atoms with van der Waals surface area (Å²) in [7, 11) is 0. The number of hydrogen-bond donors (Lipinski definition) is 1. The van der Waals surface area contributed by atoms with Crippen molar-refractivity contribution >= 4 is 29.7 Å². The first-order valence-corrected chi connectivity index (χ1v) is 12.0. The van der Waals surface area contributed by atoms with Gasteiger partial charge in [-0.2, -0.15) is 0 Å².